The zero-order chi connectivity index (χ0) is 13.2. The Bertz CT molecular complexity index is 387. The molecule has 6 nitrogen and oxygen atoms in total. The second-order valence-corrected chi connectivity index (χ2v) is 4.39. The highest BCUT2D eigenvalue weighted by Crippen LogP contribution is 2.20. The van der Waals surface area contributed by atoms with Gasteiger partial charge >= 0.3 is 12.0 Å². The van der Waals surface area contributed by atoms with Crippen LogP contribution in [0, 0.1) is 0 Å². The molecule has 0 bridgehead atoms. The van der Waals surface area contributed by atoms with Crippen molar-refractivity contribution in [3.8, 4) is 0 Å². The molecule has 0 aromatic rings. The quantitative estimate of drug-likeness (QED) is 0.439. The second kappa shape index (κ2) is 4.57. The van der Waals surface area contributed by atoms with Gasteiger partial charge in [-0.25, -0.2) is 9.59 Å². The fourth-order valence-corrected chi connectivity index (χ4v) is 1.43. The van der Waals surface area contributed by atoms with E-state index < -0.39 is 17.5 Å². The number of urea groups is 1. The predicted octanol–water partition coefficient (Wildman–Crippen LogP) is 0.436. The fraction of sp³-hybridized carbons (Fsp3) is 0.545. The average Bonchev–Trinajstić information content (AvgIpc) is 2.40. The van der Waals surface area contributed by atoms with E-state index >= 15 is 0 Å². The smallest absolute Gasteiger partial charge is 0.333 e. The summed E-state index contributed by atoms with van der Waals surface area (Å²) in [5.74, 6) is -0.859. The van der Waals surface area contributed by atoms with E-state index in [-0.39, 0.29) is 19.1 Å². The highest BCUT2D eigenvalue weighted by molar-refractivity contribution is 6.06. The van der Waals surface area contributed by atoms with Crippen molar-refractivity contribution < 1.29 is 19.1 Å². The van der Waals surface area contributed by atoms with Gasteiger partial charge in [0.25, 0.3) is 5.91 Å². The van der Waals surface area contributed by atoms with Crippen LogP contribution in [-0.4, -0.2) is 41.5 Å². The van der Waals surface area contributed by atoms with E-state index in [9.17, 15) is 14.4 Å². The van der Waals surface area contributed by atoms with Crippen LogP contribution in [0.25, 0.3) is 0 Å². The Labute approximate surface area is 99.6 Å². The zero-order valence-electron chi connectivity index (χ0n) is 10.2. The molecule has 1 saturated heterocycles. The Hall–Kier alpha value is -1.85. The Morgan fingerprint density at radius 3 is 2.47 bits per heavy atom. The molecule has 6 heteroatoms. The lowest BCUT2D eigenvalue weighted by Crippen LogP contribution is -2.45. The summed E-state index contributed by atoms with van der Waals surface area (Å²) in [4.78, 5) is 35.3. The highest BCUT2D eigenvalue weighted by atomic mass is 16.5. The first-order valence-electron chi connectivity index (χ1n) is 5.22. The third-order valence-corrected chi connectivity index (χ3v) is 2.59. The molecule has 0 saturated carbocycles. The summed E-state index contributed by atoms with van der Waals surface area (Å²) >= 11 is 0. The standard InChI is InChI=1S/C11H16N2O4/c1-7(2)8(14)17-6-5-13-10(16)12-9(15)11(13,3)4/h1,5-6H2,2-4H3,(H,12,15,16). The maximum absolute atomic E-state index is 11.4. The first kappa shape index (κ1) is 13.2. The number of nitrogens with one attached hydrogen (secondary N) is 1. The van der Waals surface area contributed by atoms with E-state index in [1.807, 2.05) is 0 Å². The number of ether oxygens (including phenoxy) is 1. The van der Waals surface area contributed by atoms with Crippen LogP contribution in [0.1, 0.15) is 20.8 Å². The van der Waals surface area contributed by atoms with Gasteiger partial charge in [-0.2, -0.15) is 0 Å². The minimum atomic E-state index is -0.910. The van der Waals surface area contributed by atoms with Crippen molar-refractivity contribution in [2.45, 2.75) is 26.3 Å². The van der Waals surface area contributed by atoms with Gasteiger partial charge in [-0.3, -0.25) is 10.1 Å². The molecule has 1 rings (SSSR count). The maximum Gasteiger partial charge on any atom is 0.333 e. The molecule has 1 N–H and O–H groups in total. The van der Waals surface area contributed by atoms with Gasteiger partial charge in [0.15, 0.2) is 0 Å². The number of hydrogen-bond donors (Lipinski definition) is 1. The normalized spacial score (nSPS) is 17.9. The second-order valence-electron chi connectivity index (χ2n) is 4.39. The zero-order valence-corrected chi connectivity index (χ0v) is 10.2. The predicted molar refractivity (Wildman–Crippen MR) is 60.1 cm³/mol. The van der Waals surface area contributed by atoms with Crippen LogP contribution in [0.3, 0.4) is 0 Å². The minimum Gasteiger partial charge on any atom is -0.460 e. The van der Waals surface area contributed by atoms with Gasteiger partial charge in [0.05, 0.1) is 6.54 Å². The Kier molecular flexibility index (Phi) is 3.55. The molecule has 0 aromatic heterocycles. The van der Waals surface area contributed by atoms with Crippen molar-refractivity contribution >= 4 is 17.9 Å². The third kappa shape index (κ3) is 2.64. The fourth-order valence-electron chi connectivity index (χ4n) is 1.43. The van der Waals surface area contributed by atoms with Gasteiger partial charge in [0.1, 0.15) is 12.1 Å². The first-order valence-corrected chi connectivity index (χ1v) is 5.22. The van der Waals surface area contributed by atoms with E-state index in [4.69, 9.17) is 4.74 Å². The van der Waals surface area contributed by atoms with Crippen molar-refractivity contribution in [2.75, 3.05) is 13.2 Å². The number of nitrogens with zero attached hydrogens (tertiary/aromatic N) is 1. The molecule has 3 amide bonds. The van der Waals surface area contributed by atoms with Crippen LogP contribution >= 0.6 is 0 Å². The van der Waals surface area contributed by atoms with Gasteiger partial charge in [0, 0.05) is 5.57 Å². The SMILES string of the molecule is C=C(C)C(=O)OCCN1C(=O)NC(=O)C1(C)C. The lowest BCUT2D eigenvalue weighted by atomic mass is 10.1. The summed E-state index contributed by atoms with van der Waals surface area (Å²) < 4.78 is 4.87. The molecule has 0 atom stereocenters. The van der Waals surface area contributed by atoms with E-state index in [0.29, 0.717) is 5.57 Å². The molecule has 0 aliphatic carbocycles. The summed E-state index contributed by atoms with van der Waals surface area (Å²) in [6.07, 6.45) is 0. The number of carbonyl (C=O) groups is 3. The van der Waals surface area contributed by atoms with Crippen LogP contribution in [-0.2, 0) is 14.3 Å². The van der Waals surface area contributed by atoms with Gasteiger partial charge in [-0.15, -0.1) is 0 Å². The molecule has 1 fully saturated rings. The third-order valence-electron chi connectivity index (χ3n) is 2.59. The molecule has 0 spiro atoms. The Balaban J connectivity index is 2.52. The number of rotatable bonds is 4. The summed E-state index contributed by atoms with van der Waals surface area (Å²) in [7, 11) is 0. The van der Waals surface area contributed by atoms with Crippen LogP contribution in [0.2, 0.25) is 0 Å². The first-order chi connectivity index (χ1) is 7.76. The van der Waals surface area contributed by atoms with Crippen LogP contribution < -0.4 is 5.32 Å². The van der Waals surface area contributed by atoms with Crippen molar-refractivity contribution in [3.05, 3.63) is 12.2 Å². The largest absolute Gasteiger partial charge is 0.460 e. The van der Waals surface area contributed by atoms with Gasteiger partial charge in [-0.05, 0) is 20.8 Å². The maximum atomic E-state index is 11.4. The molecule has 1 aliphatic heterocycles. The van der Waals surface area contributed by atoms with Gasteiger partial charge in [0.2, 0.25) is 0 Å². The van der Waals surface area contributed by atoms with Crippen LogP contribution in [0.15, 0.2) is 12.2 Å². The van der Waals surface area contributed by atoms with Crippen molar-refractivity contribution in [1.29, 1.82) is 0 Å². The molecule has 0 aromatic carbocycles. The van der Waals surface area contributed by atoms with Crippen molar-refractivity contribution in [1.82, 2.24) is 10.2 Å². The molecule has 17 heavy (non-hydrogen) atoms. The van der Waals surface area contributed by atoms with Crippen molar-refractivity contribution in [3.63, 3.8) is 0 Å². The van der Waals surface area contributed by atoms with Crippen molar-refractivity contribution in [2.24, 2.45) is 0 Å². The highest BCUT2D eigenvalue weighted by Gasteiger charge is 2.45. The molecule has 0 unspecified atom stereocenters. The number of carbonyl (C=O) groups excluding carboxylic acids is 3. The molecule has 1 aliphatic rings. The Morgan fingerprint density at radius 2 is 2.06 bits per heavy atom. The summed E-state index contributed by atoms with van der Waals surface area (Å²) in [5.41, 5.74) is -0.613. The van der Waals surface area contributed by atoms with Crippen LogP contribution in [0.5, 0.6) is 0 Å². The number of amides is 3. The summed E-state index contributed by atoms with van der Waals surface area (Å²) in [6.45, 7) is 8.45. The van der Waals surface area contributed by atoms with E-state index in [2.05, 4.69) is 11.9 Å². The topological polar surface area (TPSA) is 75.7 Å². The molecule has 0 radical (unpaired) electrons. The van der Waals surface area contributed by atoms with Gasteiger partial charge in [-0.1, -0.05) is 6.58 Å². The Morgan fingerprint density at radius 1 is 1.47 bits per heavy atom. The summed E-state index contributed by atoms with van der Waals surface area (Å²) in [5, 5.41) is 2.21. The minimum absolute atomic E-state index is 0.0375. The van der Waals surface area contributed by atoms with E-state index in [1.165, 1.54) is 4.90 Å². The van der Waals surface area contributed by atoms with Crippen LogP contribution in [0.4, 0.5) is 4.79 Å². The molecule has 1 heterocycles. The lowest BCUT2D eigenvalue weighted by molar-refractivity contribution is -0.139. The molecule has 94 valence electrons. The number of hydrogen-bond acceptors (Lipinski definition) is 4. The van der Waals surface area contributed by atoms with Gasteiger partial charge < -0.3 is 9.64 Å². The average molecular weight is 240 g/mol. The molecular formula is C11H16N2O4. The van der Waals surface area contributed by atoms with E-state index in [1.54, 1.807) is 20.8 Å². The molecular weight excluding hydrogens is 224 g/mol. The number of imide groups is 1. The number of esters is 1. The summed E-state index contributed by atoms with van der Waals surface area (Å²) in [6, 6.07) is -0.466. The lowest BCUT2D eigenvalue weighted by Gasteiger charge is -2.27. The monoisotopic (exact) mass is 240 g/mol. The van der Waals surface area contributed by atoms with E-state index in [0.717, 1.165) is 0 Å².